The van der Waals surface area contributed by atoms with Gasteiger partial charge in [-0.2, -0.15) is 13.2 Å². The highest BCUT2D eigenvalue weighted by molar-refractivity contribution is 9.10. The molecule has 0 unspecified atom stereocenters. The van der Waals surface area contributed by atoms with Crippen LogP contribution < -0.4 is 10.1 Å². The van der Waals surface area contributed by atoms with Crippen molar-refractivity contribution in [2.75, 3.05) is 25.2 Å². The number of sulfone groups is 1. The largest absolute Gasteiger partial charge is 0.495 e. The summed E-state index contributed by atoms with van der Waals surface area (Å²) in [6, 6.07) is 9.14. The Hall–Kier alpha value is -2.29. The zero-order chi connectivity index (χ0) is 22.8. The van der Waals surface area contributed by atoms with Gasteiger partial charge in [-0.1, -0.05) is 12.0 Å². The maximum absolute atomic E-state index is 13.0. The van der Waals surface area contributed by atoms with Crippen molar-refractivity contribution in [3.63, 3.8) is 0 Å². The molecule has 0 aliphatic rings. The van der Waals surface area contributed by atoms with Crippen molar-refractivity contribution < 1.29 is 30.7 Å². The van der Waals surface area contributed by atoms with Crippen molar-refractivity contribution in [3.8, 4) is 17.6 Å². The highest BCUT2D eigenvalue weighted by Gasteiger charge is 2.33. The summed E-state index contributed by atoms with van der Waals surface area (Å²) < 4.78 is 73.7. The van der Waals surface area contributed by atoms with Gasteiger partial charge in [-0.15, -0.1) is 0 Å². The molecular formula is C20H15BrF3NO4S2. The first kappa shape index (κ1) is 23.4. The fourth-order valence-corrected chi connectivity index (χ4v) is 4.44. The second-order valence-corrected chi connectivity index (χ2v) is 10.2. The van der Waals surface area contributed by atoms with Crippen LogP contribution in [0.2, 0.25) is 0 Å². The summed E-state index contributed by atoms with van der Waals surface area (Å²) >= 11 is 2.99. The molecule has 0 spiro atoms. The van der Waals surface area contributed by atoms with Crippen LogP contribution in [-0.4, -0.2) is 33.8 Å². The summed E-state index contributed by atoms with van der Waals surface area (Å²) in [5, 5.41) is 3.26. The summed E-state index contributed by atoms with van der Waals surface area (Å²) in [6.07, 6.45) is 1.09. The van der Waals surface area contributed by atoms with Gasteiger partial charge in [0, 0.05) is 17.7 Å². The quantitative estimate of drug-likeness (QED) is 0.336. The lowest BCUT2D eigenvalue weighted by molar-refractivity contribution is -0.0328. The van der Waals surface area contributed by atoms with E-state index < -0.39 is 15.3 Å². The number of benzene rings is 2. The lowest BCUT2D eigenvalue weighted by Crippen LogP contribution is -2.03. The maximum atomic E-state index is 13.0. The molecule has 0 amide bonds. The summed E-state index contributed by atoms with van der Waals surface area (Å²) in [5.41, 5.74) is -3.73. The molecule has 3 aromatic rings. The van der Waals surface area contributed by atoms with E-state index in [1.54, 1.807) is 12.1 Å². The van der Waals surface area contributed by atoms with E-state index >= 15 is 0 Å². The van der Waals surface area contributed by atoms with E-state index in [1.807, 2.05) is 0 Å². The molecule has 0 aliphatic carbocycles. The average Bonchev–Trinajstić information content (AvgIpc) is 3.02. The van der Waals surface area contributed by atoms with Crippen molar-refractivity contribution in [2.24, 2.45) is 0 Å². The number of hydrogen-bond acceptors (Lipinski definition) is 6. The van der Waals surface area contributed by atoms with Crippen LogP contribution in [-0.2, 0) is 9.84 Å². The summed E-state index contributed by atoms with van der Waals surface area (Å²) in [6.45, 7) is 0.0585. The van der Waals surface area contributed by atoms with Gasteiger partial charge in [-0.25, -0.2) is 8.42 Å². The smallest absolute Gasteiger partial charge is 0.446 e. The second kappa shape index (κ2) is 9.06. The Morgan fingerprint density at radius 2 is 2.00 bits per heavy atom. The predicted molar refractivity (Wildman–Crippen MR) is 117 cm³/mol. The van der Waals surface area contributed by atoms with Crippen LogP contribution in [0.4, 0.5) is 18.9 Å². The van der Waals surface area contributed by atoms with E-state index in [9.17, 15) is 21.6 Å². The first-order valence-corrected chi connectivity index (χ1v) is 12.1. The molecule has 5 nitrogen and oxygen atoms in total. The third-order valence-electron chi connectivity index (χ3n) is 4.01. The first-order valence-electron chi connectivity index (χ1n) is 8.57. The molecule has 0 saturated carbocycles. The highest BCUT2D eigenvalue weighted by Crippen LogP contribution is 2.44. The molecule has 0 bridgehead atoms. The van der Waals surface area contributed by atoms with Crippen LogP contribution >= 0.6 is 27.7 Å². The van der Waals surface area contributed by atoms with Gasteiger partial charge < -0.3 is 14.5 Å². The number of fused-ring (bicyclic) bond motifs is 1. The van der Waals surface area contributed by atoms with Crippen LogP contribution in [0.5, 0.6) is 5.75 Å². The number of rotatable bonds is 5. The third kappa shape index (κ3) is 5.70. The third-order valence-corrected chi connectivity index (χ3v) is 6.59. The number of halogens is 4. The van der Waals surface area contributed by atoms with Crippen molar-refractivity contribution in [1.29, 1.82) is 0 Å². The number of methoxy groups -OCH3 is 1. The molecule has 1 heterocycles. The molecular weight excluding hydrogens is 519 g/mol. The summed E-state index contributed by atoms with van der Waals surface area (Å²) in [5.74, 6) is 5.57. The van der Waals surface area contributed by atoms with Gasteiger partial charge in [0.25, 0.3) is 0 Å². The van der Waals surface area contributed by atoms with Crippen LogP contribution in [0.1, 0.15) is 5.76 Å². The Bertz CT molecular complexity index is 1290. The fraction of sp³-hybridized carbons (Fsp3) is 0.200. The molecule has 11 heteroatoms. The number of anilines is 1. The SMILES string of the molecule is COc1cc(S(C)(=O)=O)ccc1NCC#Cc1oc2c(Br)cccc2c1SC(F)(F)F. The fourth-order valence-electron chi connectivity index (χ4n) is 2.67. The Kier molecular flexibility index (Phi) is 6.83. The number of thioether (sulfide) groups is 1. The maximum Gasteiger partial charge on any atom is 0.446 e. The zero-order valence-corrected chi connectivity index (χ0v) is 19.4. The van der Waals surface area contributed by atoms with E-state index in [4.69, 9.17) is 9.15 Å². The van der Waals surface area contributed by atoms with Gasteiger partial charge >= 0.3 is 5.51 Å². The van der Waals surface area contributed by atoms with Gasteiger partial charge in [-0.05, 0) is 57.9 Å². The molecule has 31 heavy (non-hydrogen) atoms. The summed E-state index contributed by atoms with van der Waals surface area (Å²) in [7, 11) is -2.00. The van der Waals surface area contributed by atoms with Crippen molar-refractivity contribution in [3.05, 3.63) is 46.6 Å². The minimum absolute atomic E-state index is 0.0585. The standard InChI is InChI=1S/C20H15BrF3NO4S2/c1-28-17-11-12(31(2,26)27)8-9-15(17)25-10-4-7-16-19(30-20(22,23)24)13-5-3-6-14(21)18(13)29-16/h3,5-6,8-9,11,25H,10H2,1-2H3. The molecule has 1 aromatic heterocycles. The number of para-hydroxylation sites is 1. The molecule has 0 saturated heterocycles. The molecule has 1 N–H and O–H groups in total. The highest BCUT2D eigenvalue weighted by atomic mass is 79.9. The Morgan fingerprint density at radius 1 is 1.26 bits per heavy atom. The lowest BCUT2D eigenvalue weighted by atomic mass is 10.2. The minimum Gasteiger partial charge on any atom is -0.495 e. The van der Waals surface area contributed by atoms with Crippen molar-refractivity contribution >= 4 is 54.2 Å². The van der Waals surface area contributed by atoms with E-state index in [2.05, 4.69) is 33.1 Å². The predicted octanol–water partition coefficient (Wildman–Crippen LogP) is 5.68. The van der Waals surface area contributed by atoms with E-state index in [0.29, 0.717) is 21.3 Å². The normalized spacial score (nSPS) is 11.8. The average molecular weight is 534 g/mol. The van der Waals surface area contributed by atoms with Gasteiger partial charge in [-0.3, -0.25) is 0 Å². The van der Waals surface area contributed by atoms with Gasteiger partial charge in [0.2, 0.25) is 0 Å². The molecule has 2 aromatic carbocycles. The molecule has 0 atom stereocenters. The minimum atomic E-state index is -4.50. The van der Waals surface area contributed by atoms with E-state index in [0.717, 1.165) is 6.26 Å². The van der Waals surface area contributed by atoms with E-state index in [1.165, 1.54) is 31.4 Å². The first-order chi connectivity index (χ1) is 14.5. The zero-order valence-electron chi connectivity index (χ0n) is 16.1. The van der Waals surface area contributed by atoms with Gasteiger partial charge in [0.05, 0.1) is 33.6 Å². The van der Waals surface area contributed by atoms with Crippen LogP contribution in [0.25, 0.3) is 11.0 Å². The van der Waals surface area contributed by atoms with Gasteiger partial charge in [0.1, 0.15) is 5.75 Å². The molecule has 0 aliphatic heterocycles. The topological polar surface area (TPSA) is 68.5 Å². The van der Waals surface area contributed by atoms with Crippen LogP contribution in [0, 0.1) is 11.8 Å². The molecule has 0 radical (unpaired) electrons. The number of hydrogen-bond donors (Lipinski definition) is 1. The second-order valence-electron chi connectivity index (χ2n) is 6.21. The van der Waals surface area contributed by atoms with Crippen molar-refractivity contribution in [2.45, 2.75) is 15.3 Å². The van der Waals surface area contributed by atoms with Crippen LogP contribution in [0.15, 0.2) is 55.1 Å². The van der Waals surface area contributed by atoms with E-state index in [-0.39, 0.29) is 39.4 Å². The van der Waals surface area contributed by atoms with Gasteiger partial charge in [0.15, 0.2) is 21.2 Å². The number of nitrogens with one attached hydrogen (secondary N) is 1. The number of ether oxygens (including phenoxy) is 1. The Morgan fingerprint density at radius 3 is 2.65 bits per heavy atom. The molecule has 3 rings (SSSR count). The monoisotopic (exact) mass is 533 g/mol. The number of furan rings is 1. The molecule has 164 valence electrons. The Balaban J connectivity index is 1.86. The molecule has 0 fully saturated rings. The summed E-state index contributed by atoms with van der Waals surface area (Å²) in [4.78, 5) is -0.00552. The van der Waals surface area contributed by atoms with Crippen molar-refractivity contribution in [1.82, 2.24) is 0 Å². The Labute approximate surface area is 189 Å². The van der Waals surface area contributed by atoms with Crippen LogP contribution in [0.3, 0.4) is 0 Å². The number of alkyl halides is 3. The lowest BCUT2D eigenvalue weighted by Gasteiger charge is -2.10.